The number of nitrogen functional groups attached to an aromatic ring is 1. The zero-order valence-electron chi connectivity index (χ0n) is 12.7. The molecule has 5 nitrogen and oxygen atoms in total. The molecular weight excluding hydrogens is 266 g/mol. The van der Waals surface area contributed by atoms with E-state index in [0.29, 0.717) is 6.04 Å². The first-order chi connectivity index (χ1) is 10.1. The Balaban J connectivity index is 2.13. The van der Waals surface area contributed by atoms with Crippen molar-refractivity contribution in [3.8, 4) is 22.8 Å². The van der Waals surface area contributed by atoms with Gasteiger partial charge in [0, 0.05) is 24.1 Å². The molecule has 0 saturated heterocycles. The minimum atomic E-state index is 0.405. The molecule has 2 heterocycles. The zero-order chi connectivity index (χ0) is 15.0. The van der Waals surface area contributed by atoms with Crippen molar-refractivity contribution in [3.63, 3.8) is 0 Å². The van der Waals surface area contributed by atoms with Gasteiger partial charge in [-0.3, -0.25) is 0 Å². The van der Waals surface area contributed by atoms with Gasteiger partial charge in [0.1, 0.15) is 28.8 Å². The number of nitrogens with two attached hydrogens (primary N) is 1. The molecule has 0 saturated carbocycles. The van der Waals surface area contributed by atoms with Gasteiger partial charge in [0.05, 0.1) is 14.2 Å². The molecule has 1 aliphatic heterocycles. The molecule has 21 heavy (non-hydrogen) atoms. The number of hydrogen-bond donors (Lipinski definition) is 1. The number of aryl methyl sites for hydroxylation is 1. The average Bonchev–Trinajstić information content (AvgIpc) is 2.85. The Bertz CT molecular complexity index is 642. The Kier molecular flexibility index (Phi) is 3.49. The topological polar surface area (TPSA) is 62.3 Å². The molecule has 0 fully saturated rings. The second kappa shape index (κ2) is 5.31. The van der Waals surface area contributed by atoms with E-state index in [1.807, 2.05) is 18.2 Å². The van der Waals surface area contributed by atoms with E-state index in [1.165, 1.54) is 6.42 Å². The maximum absolute atomic E-state index is 6.35. The summed E-state index contributed by atoms with van der Waals surface area (Å²) in [5.74, 6) is 3.28. The summed E-state index contributed by atoms with van der Waals surface area (Å²) in [4.78, 5) is 4.75. The Labute approximate surface area is 124 Å². The summed E-state index contributed by atoms with van der Waals surface area (Å²) in [7, 11) is 3.28. The van der Waals surface area contributed by atoms with Gasteiger partial charge in [-0.25, -0.2) is 4.98 Å². The van der Waals surface area contributed by atoms with Crippen LogP contribution in [0.5, 0.6) is 11.5 Å². The van der Waals surface area contributed by atoms with E-state index >= 15 is 0 Å². The molecule has 3 rings (SSSR count). The predicted octanol–water partition coefficient (Wildman–Crippen LogP) is 3.05. The number of hydrogen-bond acceptors (Lipinski definition) is 4. The third-order valence-electron chi connectivity index (χ3n) is 4.11. The van der Waals surface area contributed by atoms with Crippen LogP contribution in [0.3, 0.4) is 0 Å². The van der Waals surface area contributed by atoms with Crippen molar-refractivity contribution in [2.45, 2.75) is 32.2 Å². The summed E-state index contributed by atoms with van der Waals surface area (Å²) in [5.41, 5.74) is 8.09. The van der Waals surface area contributed by atoms with Crippen molar-refractivity contribution in [1.82, 2.24) is 9.55 Å². The molecule has 1 aromatic carbocycles. The fourth-order valence-electron chi connectivity index (χ4n) is 3.00. The maximum Gasteiger partial charge on any atom is 0.131 e. The summed E-state index contributed by atoms with van der Waals surface area (Å²) >= 11 is 0. The van der Waals surface area contributed by atoms with E-state index in [4.69, 9.17) is 20.2 Å². The number of methoxy groups -OCH3 is 2. The first-order valence-corrected chi connectivity index (χ1v) is 7.24. The normalized spacial score (nSPS) is 17.4. The number of ether oxygens (including phenoxy) is 2. The molecule has 0 bridgehead atoms. The van der Waals surface area contributed by atoms with Crippen LogP contribution in [0.4, 0.5) is 5.82 Å². The van der Waals surface area contributed by atoms with Gasteiger partial charge in [-0.15, -0.1) is 0 Å². The van der Waals surface area contributed by atoms with Crippen molar-refractivity contribution in [3.05, 3.63) is 24.0 Å². The van der Waals surface area contributed by atoms with Crippen LogP contribution in [-0.2, 0) is 6.42 Å². The van der Waals surface area contributed by atoms with Crippen LogP contribution < -0.4 is 15.2 Å². The highest BCUT2D eigenvalue weighted by Crippen LogP contribution is 2.36. The molecular formula is C16H21N3O2. The van der Waals surface area contributed by atoms with E-state index in [9.17, 15) is 0 Å². The highest BCUT2D eigenvalue weighted by atomic mass is 16.5. The van der Waals surface area contributed by atoms with E-state index in [-0.39, 0.29) is 0 Å². The highest BCUT2D eigenvalue weighted by molar-refractivity contribution is 5.73. The van der Waals surface area contributed by atoms with Gasteiger partial charge in [-0.2, -0.15) is 0 Å². The van der Waals surface area contributed by atoms with Gasteiger partial charge in [-0.05, 0) is 31.9 Å². The largest absolute Gasteiger partial charge is 0.497 e. The van der Waals surface area contributed by atoms with Gasteiger partial charge in [0.25, 0.3) is 0 Å². The molecule has 0 spiro atoms. The van der Waals surface area contributed by atoms with Crippen LogP contribution in [-0.4, -0.2) is 23.8 Å². The lowest BCUT2D eigenvalue weighted by Crippen LogP contribution is -2.16. The smallest absolute Gasteiger partial charge is 0.131 e. The number of nitrogens with zero attached hydrogens (tertiary/aromatic N) is 2. The molecule has 2 N–H and O–H groups in total. The van der Waals surface area contributed by atoms with Crippen LogP contribution in [0.1, 0.15) is 31.6 Å². The summed E-state index contributed by atoms with van der Waals surface area (Å²) in [6.07, 6.45) is 3.29. The summed E-state index contributed by atoms with van der Waals surface area (Å²) < 4.78 is 12.8. The highest BCUT2D eigenvalue weighted by Gasteiger charge is 2.23. The maximum atomic E-state index is 6.35. The summed E-state index contributed by atoms with van der Waals surface area (Å²) in [5, 5.41) is 0. The van der Waals surface area contributed by atoms with Gasteiger partial charge in [0.15, 0.2) is 0 Å². The third kappa shape index (κ3) is 2.33. The fourth-order valence-corrected chi connectivity index (χ4v) is 3.00. The van der Waals surface area contributed by atoms with Crippen molar-refractivity contribution >= 4 is 5.82 Å². The first kappa shape index (κ1) is 13.8. The molecule has 1 atom stereocenters. The van der Waals surface area contributed by atoms with Gasteiger partial charge in [-0.1, -0.05) is 0 Å². The molecule has 112 valence electrons. The lowest BCUT2D eigenvalue weighted by atomic mass is 10.1. The van der Waals surface area contributed by atoms with Crippen molar-refractivity contribution < 1.29 is 9.47 Å². The zero-order valence-corrected chi connectivity index (χ0v) is 12.7. The number of fused-ring (bicyclic) bond motifs is 1. The van der Waals surface area contributed by atoms with Crippen molar-refractivity contribution in [2.24, 2.45) is 0 Å². The lowest BCUT2D eigenvalue weighted by molar-refractivity contribution is 0.394. The molecule has 0 amide bonds. The van der Waals surface area contributed by atoms with Crippen molar-refractivity contribution in [1.29, 1.82) is 0 Å². The Hall–Kier alpha value is -2.17. The van der Waals surface area contributed by atoms with Crippen LogP contribution in [0.2, 0.25) is 0 Å². The monoisotopic (exact) mass is 287 g/mol. The van der Waals surface area contributed by atoms with E-state index in [1.54, 1.807) is 14.2 Å². The quantitative estimate of drug-likeness (QED) is 0.942. The number of imidazole rings is 1. The molecule has 0 radical (unpaired) electrons. The fraction of sp³-hybridized carbons (Fsp3) is 0.438. The Morgan fingerprint density at radius 1 is 1.19 bits per heavy atom. The van der Waals surface area contributed by atoms with E-state index in [0.717, 1.165) is 47.2 Å². The lowest BCUT2D eigenvalue weighted by Gasteiger charge is -2.22. The molecule has 1 unspecified atom stereocenters. The predicted molar refractivity (Wildman–Crippen MR) is 82.8 cm³/mol. The second-order valence-corrected chi connectivity index (χ2v) is 5.47. The number of anilines is 1. The first-order valence-electron chi connectivity index (χ1n) is 7.24. The minimum Gasteiger partial charge on any atom is -0.497 e. The minimum absolute atomic E-state index is 0.405. The van der Waals surface area contributed by atoms with Crippen LogP contribution in [0, 0.1) is 0 Å². The average molecular weight is 287 g/mol. The molecule has 1 aliphatic rings. The van der Waals surface area contributed by atoms with Gasteiger partial charge in [0.2, 0.25) is 0 Å². The molecule has 1 aromatic heterocycles. The number of rotatable bonds is 3. The van der Waals surface area contributed by atoms with Gasteiger partial charge < -0.3 is 19.8 Å². The molecule has 2 aromatic rings. The standard InChI is InChI=1S/C16H21N3O2/c1-10-5-4-6-14-18-15(16(17)19(10)14)11-7-12(20-2)9-13(8-11)21-3/h7-10H,4-6,17H2,1-3H3. The SMILES string of the molecule is COc1cc(OC)cc(-c2nc3n(c2N)C(C)CCC3)c1. The Morgan fingerprint density at radius 2 is 1.86 bits per heavy atom. The third-order valence-corrected chi connectivity index (χ3v) is 4.11. The number of benzene rings is 1. The summed E-state index contributed by atoms with van der Waals surface area (Å²) in [6, 6.07) is 6.14. The molecule has 5 heteroatoms. The van der Waals surface area contributed by atoms with Crippen LogP contribution in [0.15, 0.2) is 18.2 Å². The van der Waals surface area contributed by atoms with E-state index in [2.05, 4.69) is 11.5 Å². The number of aromatic nitrogens is 2. The van der Waals surface area contributed by atoms with Gasteiger partial charge >= 0.3 is 0 Å². The van der Waals surface area contributed by atoms with E-state index < -0.39 is 0 Å². The van der Waals surface area contributed by atoms with Crippen molar-refractivity contribution in [2.75, 3.05) is 20.0 Å². The summed E-state index contributed by atoms with van der Waals surface area (Å²) in [6.45, 7) is 2.19. The van der Waals surface area contributed by atoms with Crippen LogP contribution >= 0.6 is 0 Å². The Morgan fingerprint density at radius 3 is 2.43 bits per heavy atom. The van der Waals surface area contributed by atoms with Crippen LogP contribution in [0.25, 0.3) is 11.3 Å². The second-order valence-electron chi connectivity index (χ2n) is 5.47. The molecule has 0 aliphatic carbocycles.